The lowest BCUT2D eigenvalue weighted by Crippen LogP contribution is -2.36. The van der Waals surface area contributed by atoms with E-state index in [-0.39, 0.29) is 42.7 Å². The SMILES string of the molecule is CC(C)(C)OC(=O)CS(=O)(=O)CCCN1C(=O)C2C3CCC(O3)C2C1=O. The van der Waals surface area contributed by atoms with Gasteiger partial charge in [-0.1, -0.05) is 0 Å². The molecule has 3 saturated heterocycles. The third kappa shape index (κ3) is 3.78. The van der Waals surface area contributed by atoms with E-state index in [9.17, 15) is 22.8 Å². The third-order valence-electron chi connectivity index (χ3n) is 4.97. The number of likely N-dealkylation sites (tertiary alicyclic amines) is 1. The van der Waals surface area contributed by atoms with E-state index in [1.807, 2.05) is 0 Å². The summed E-state index contributed by atoms with van der Waals surface area (Å²) in [4.78, 5) is 37.8. The highest BCUT2D eigenvalue weighted by Gasteiger charge is 2.62. The molecule has 0 aromatic carbocycles. The Kier molecular flexibility index (Phi) is 4.89. The van der Waals surface area contributed by atoms with Crippen LogP contribution >= 0.6 is 0 Å². The fourth-order valence-corrected chi connectivity index (χ4v) is 5.19. The number of nitrogens with zero attached hydrogens (tertiary/aromatic N) is 1. The van der Waals surface area contributed by atoms with E-state index >= 15 is 0 Å². The minimum atomic E-state index is -3.66. The summed E-state index contributed by atoms with van der Waals surface area (Å²) < 4.78 is 34.8. The van der Waals surface area contributed by atoms with Crippen LogP contribution in [0.3, 0.4) is 0 Å². The summed E-state index contributed by atoms with van der Waals surface area (Å²) in [5.74, 6) is -3.08. The zero-order valence-electron chi connectivity index (χ0n) is 15.3. The fraction of sp³-hybridized carbons (Fsp3) is 0.824. The van der Waals surface area contributed by atoms with Crippen LogP contribution in [0.1, 0.15) is 40.0 Å². The highest BCUT2D eigenvalue weighted by atomic mass is 32.2. The normalized spacial score (nSPS) is 30.8. The fourth-order valence-electron chi connectivity index (χ4n) is 4.06. The molecule has 0 spiro atoms. The molecule has 26 heavy (non-hydrogen) atoms. The first-order chi connectivity index (χ1) is 12.0. The zero-order chi connectivity index (χ0) is 19.3. The Hall–Kier alpha value is -1.48. The molecule has 4 atom stereocenters. The number of rotatable bonds is 6. The molecule has 0 N–H and O–H groups in total. The number of carbonyl (C=O) groups is 3. The molecule has 8 nitrogen and oxygen atoms in total. The first-order valence-corrected chi connectivity index (χ1v) is 10.7. The van der Waals surface area contributed by atoms with E-state index in [2.05, 4.69) is 0 Å². The first-order valence-electron chi connectivity index (χ1n) is 8.91. The van der Waals surface area contributed by atoms with E-state index in [0.29, 0.717) is 0 Å². The molecule has 0 aromatic heterocycles. The molecule has 4 unspecified atom stereocenters. The molecule has 2 amide bonds. The van der Waals surface area contributed by atoms with E-state index in [1.54, 1.807) is 20.8 Å². The van der Waals surface area contributed by atoms with Gasteiger partial charge in [-0.15, -0.1) is 0 Å². The summed E-state index contributed by atoms with van der Waals surface area (Å²) in [6, 6.07) is 0. The summed E-state index contributed by atoms with van der Waals surface area (Å²) in [6.07, 6.45) is 1.34. The lowest BCUT2D eigenvalue weighted by atomic mass is 9.81. The highest BCUT2D eigenvalue weighted by Crippen LogP contribution is 2.48. The third-order valence-corrected chi connectivity index (χ3v) is 6.56. The summed E-state index contributed by atoms with van der Waals surface area (Å²) in [6.45, 7) is 5.04. The van der Waals surface area contributed by atoms with Crippen LogP contribution in [0.15, 0.2) is 0 Å². The van der Waals surface area contributed by atoms with Crippen molar-refractivity contribution in [3.8, 4) is 0 Å². The maximum absolute atomic E-state index is 12.5. The minimum absolute atomic E-state index is 0.0532. The Morgan fingerprint density at radius 2 is 1.69 bits per heavy atom. The number of carbonyl (C=O) groups excluding carboxylic acids is 3. The van der Waals surface area contributed by atoms with Crippen molar-refractivity contribution in [1.29, 1.82) is 0 Å². The molecule has 0 radical (unpaired) electrons. The van der Waals surface area contributed by atoms with Crippen molar-refractivity contribution in [2.24, 2.45) is 11.8 Å². The molecule has 3 heterocycles. The quantitative estimate of drug-likeness (QED) is 0.476. The number of hydrogen-bond donors (Lipinski definition) is 0. The average molecular weight is 387 g/mol. The van der Waals surface area contributed by atoms with Crippen LogP contribution in [-0.4, -0.2) is 67.0 Å². The van der Waals surface area contributed by atoms with Gasteiger partial charge in [-0.25, -0.2) is 8.42 Å². The largest absolute Gasteiger partial charge is 0.459 e. The van der Waals surface area contributed by atoms with Gasteiger partial charge in [-0.2, -0.15) is 0 Å². The second-order valence-corrected chi connectivity index (χ2v) is 10.4. The number of ether oxygens (including phenoxy) is 2. The van der Waals surface area contributed by atoms with Gasteiger partial charge < -0.3 is 9.47 Å². The number of imide groups is 1. The van der Waals surface area contributed by atoms with Crippen molar-refractivity contribution >= 4 is 27.6 Å². The van der Waals surface area contributed by atoms with E-state index in [4.69, 9.17) is 9.47 Å². The van der Waals surface area contributed by atoms with Crippen LogP contribution in [0.2, 0.25) is 0 Å². The minimum Gasteiger partial charge on any atom is -0.459 e. The summed E-state index contributed by atoms with van der Waals surface area (Å²) in [7, 11) is -3.66. The molecule has 0 saturated carbocycles. The summed E-state index contributed by atoms with van der Waals surface area (Å²) >= 11 is 0. The Morgan fingerprint density at radius 1 is 1.15 bits per heavy atom. The van der Waals surface area contributed by atoms with Crippen molar-refractivity contribution in [2.45, 2.75) is 57.8 Å². The molecule has 3 rings (SSSR count). The summed E-state index contributed by atoms with van der Waals surface area (Å²) in [5, 5.41) is 0. The Balaban J connectivity index is 1.51. The Morgan fingerprint density at radius 3 is 2.19 bits per heavy atom. The molecule has 9 heteroatoms. The van der Waals surface area contributed by atoms with Crippen molar-refractivity contribution in [1.82, 2.24) is 4.90 Å². The van der Waals surface area contributed by atoms with Crippen LogP contribution in [0.4, 0.5) is 0 Å². The predicted molar refractivity (Wildman–Crippen MR) is 90.7 cm³/mol. The zero-order valence-corrected chi connectivity index (χ0v) is 16.1. The molecule has 0 aromatic rings. The van der Waals surface area contributed by atoms with E-state index in [0.717, 1.165) is 12.8 Å². The monoisotopic (exact) mass is 387 g/mol. The summed E-state index contributed by atoms with van der Waals surface area (Å²) in [5.41, 5.74) is -0.750. The van der Waals surface area contributed by atoms with Crippen LogP contribution in [-0.2, 0) is 33.7 Å². The second kappa shape index (κ2) is 6.60. The number of sulfone groups is 1. The van der Waals surface area contributed by atoms with Gasteiger partial charge in [0.15, 0.2) is 9.84 Å². The van der Waals surface area contributed by atoms with Gasteiger partial charge in [0.05, 0.1) is 29.8 Å². The topological polar surface area (TPSA) is 107 Å². The number of fused-ring (bicyclic) bond motifs is 5. The number of esters is 1. The van der Waals surface area contributed by atoms with Gasteiger partial charge in [-0.05, 0) is 40.0 Å². The van der Waals surface area contributed by atoms with E-state index in [1.165, 1.54) is 4.90 Å². The molecule has 0 aliphatic carbocycles. The number of amides is 2. The second-order valence-electron chi connectivity index (χ2n) is 8.20. The predicted octanol–water partition coefficient (Wildman–Crippen LogP) is 0.295. The smallest absolute Gasteiger partial charge is 0.321 e. The van der Waals surface area contributed by atoms with E-state index < -0.39 is 39.0 Å². The maximum atomic E-state index is 12.5. The van der Waals surface area contributed by atoms with Crippen LogP contribution in [0.5, 0.6) is 0 Å². The molecule has 2 bridgehead atoms. The maximum Gasteiger partial charge on any atom is 0.321 e. The van der Waals surface area contributed by atoms with Crippen molar-refractivity contribution in [3.05, 3.63) is 0 Å². The van der Waals surface area contributed by atoms with Gasteiger partial charge >= 0.3 is 5.97 Å². The van der Waals surface area contributed by atoms with Gasteiger partial charge in [0.1, 0.15) is 11.4 Å². The number of hydrogen-bond acceptors (Lipinski definition) is 7. The first kappa shape index (κ1) is 19.3. The molecule has 3 aliphatic rings. The lowest BCUT2D eigenvalue weighted by Gasteiger charge is -2.19. The van der Waals surface area contributed by atoms with Crippen LogP contribution in [0, 0.1) is 11.8 Å². The van der Waals surface area contributed by atoms with Gasteiger partial charge in [0.2, 0.25) is 11.8 Å². The standard InChI is InChI=1S/C17H25NO7S/c1-17(2,3)25-12(19)9-26(22,23)8-4-7-18-15(20)13-10-5-6-11(24-10)14(13)16(18)21/h10-11,13-14H,4-9H2,1-3H3. The van der Waals surface area contributed by atoms with Crippen LogP contribution < -0.4 is 0 Å². The molecule has 146 valence electrons. The van der Waals surface area contributed by atoms with Crippen molar-refractivity contribution in [2.75, 3.05) is 18.1 Å². The Bertz CT molecular complexity index is 696. The Labute approximate surface area is 153 Å². The van der Waals surface area contributed by atoms with Crippen molar-refractivity contribution < 1.29 is 32.3 Å². The molecular formula is C17H25NO7S. The molecule has 3 aliphatic heterocycles. The average Bonchev–Trinajstić information content (AvgIpc) is 3.13. The molecular weight excluding hydrogens is 362 g/mol. The molecule has 3 fully saturated rings. The van der Waals surface area contributed by atoms with Gasteiger partial charge in [-0.3, -0.25) is 19.3 Å². The van der Waals surface area contributed by atoms with Gasteiger partial charge in [0, 0.05) is 6.54 Å². The highest BCUT2D eigenvalue weighted by molar-refractivity contribution is 7.92. The lowest BCUT2D eigenvalue weighted by molar-refractivity contribution is -0.151. The van der Waals surface area contributed by atoms with Gasteiger partial charge in [0.25, 0.3) is 0 Å². The van der Waals surface area contributed by atoms with Crippen LogP contribution in [0.25, 0.3) is 0 Å². The van der Waals surface area contributed by atoms with Crippen molar-refractivity contribution in [3.63, 3.8) is 0 Å².